The lowest BCUT2D eigenvalue weighted by atomic mass is 9.72. The van der Waals surface area contributed by atoms with Gasteiger partial charge in [-0.2, -0.15) is 11.8 Å². The van der Waals surface area contributed by atoms with Crippen LogP contribution >= 0.6 is 11.8 Å². The van der Waals surface area contributed by atoms with Gasteiger partial charge >= 0.3 is 5.97 Å². The summed E-state index contributed by atoms with van der Waals surface area (Å²) < 4.78 is 0. The van der Waals surface area contributed by atoms with E-state index >= 15 is 0 Å². The normalized spacial score (nSPS) is 33.4. The van der Waals surface area contributed by atoms with Gasteiger partial charge in [-0.15, -0.1) is 0 Å². The summed E-state index contributed by atoms with van der Waals surface area (Å²) in [5.41, 5.74) is 1.23. The molecule has 0 amide bonds. The number of hydrogen-bond donors (Lipinski definition) is 1. The fraction of sp³-hybridized carbons (Fsp3) is 0.588. The number of thioether (sulfide) groups is 1. The van der Waals surface area contributed by atoms with Crippen LogP contribution in [0.4, 0.5) is 0 Å². The van der Waals surface area contributed by atoms with Gasteiger partial charge in [-0.3, -0.25) is 9.69 Å². The predicted octanol–water partition coefficient (Wildman–Crippen LogP) is 3.10. The molecule has 3 atom stereocenters. The monoisotopic (exact) mass is 305 g/mol. The molecule has 3 rings (SSSR count). The van der Waals surface area contributed by atoms with Crippen LogP contribution in [0.2, 0.25) is 0 Å². The van der Waals surface area contributed by atoms with E-state index in [9.17, 15) is 9.90 Å². The Bertz CT molecular complexity index is 507. The topological polar surface area (TPSA) is 40.5 Å². The Morgan fingerprint density at radius 1 is 1.43 bits per heavy atom. The average molecular weight is 305 g/mol. The Morgan fingerprint density at radius 2 is 2.19 bits per heavy atom. The third-order valence-corrected chi connectivity index (χ3v) is 6.66. The molecule has 3 unspecified atom stereocenters. The van der Waals surface area contributed by atoms with Crippen LogP contribution in [0.1, 0.15) is 25.3 Å². The van der Waals surface area contributed by atoms with Gasteiger partial charge in [0.2, 0.25) is 0 Å². The third kappa shape index (κ3) is 2.84. The van der Waals surface area contributed by atoms with Crippen LogP contribution in [0.15, 0.2) is 30.3 Å². The van der Waals surface area contributed by atoms with Gasteiger partial charge in [-0.25, -0.2) is 0 Å². The fourth-order valence-electron chi connectivity index (χ4n) is 4.01. The van der Waals surface area contributed by atoms with Crippen molar-refractivity contribution in [2.75, 3.05) is 18.8 Å². The molecule has 0 saturated carbocycles. The Kier molecular flexibility index (Phi) is 4.27. The van der Waals surface area contributed by atoms with Crippen molar-refractivity contribution >= 4 is 17.7 Å². The molecule has 0 radical (unpaired) electrons. The van der Waals surface area contributed by atoms with E-state index < -0.39 is 5.97 Å². The number of carbonyl (C=O) groups is 1. The van der Waals surface area contributed by atoms with Crippen molar-refractivity contribution in [3.05, 3.63) is 35.9 Å². The van der Waals surface area contributed by atoms with E-state index in [2.05, 4.69) is 36.1 Å². The van der Waals surface area contributed by atoms with E-state index in [0.29, 0.717) is 11.8 Å². The molecule has 0 bridgehead atoms. The maximum Gasteiger partial charge on any atom is 0.308 e. The van der Waals surface area contributed by atoms with Crippen molar-refractivity contribution in [1.29, 1.82) is 0 Å². The van der Waals surface area contributed by atoms with Gasteiger partial charge in [0, 0.05) is 30.3 Å². The smallest absolute Gasteiger partial charge is 0.308 e. The molecule has 1 spiro atoms. The standard InChI is InChI=1S/C17H23NO2S/c1-13-17(8-5-9-21-13)12-18(11-15(17)16(19)20)10-14-6-3-2-4-7-14/h2-4,6-7,13,15H,5,8-12H2,1H3,(H,19,20). The lowest BCUT2D eigenvalue weighted by Gasteiger charge is -2.41. The van der Waals surface area contributed by atoms with Crippen molar-refractivity contribution in [2.45, 2.75) is 31.6 Å². The first-order valence-electron chi connectivity index (χ1n) is 7.72. The number of carboxylic acids is 1. The summed E-state index contributed by atoms with van der Waals surface area (Å²) in [7, 11) is 0. The minimum Gasteiger partial charge on any atom is -0.481 e. The summed E-state index contributed by atoms with van der Waals surface area (Å²) in [4.78, 5) is 14.1. The largest absolute Gasteiger partial charge is 0.481 e. The molecule has 2 aliphatic rings. The molecule has 2 saturated heterocycles. The number of benzene rings is 1. The molecular weight excluding hydrogens is 282 g/mol. The van der Waals surface area contributed by atoms with Crippen molar-refractivity contribution in [3.63, 3.8) is 0 Å². The van der Waals surface area contributed by atoms with Crippen LogP contribution in [0.3, 0.4) is 0 Å². The van der Waals surface area contributed by atoms with E-state index in [-0.39, 0.29) is 11.3 Å². The van der Waals surface area contributed by atoms with Crippen LogP contribution in [0.5, 0.6) is 0 Å². The highest BCUT2D eigenvalue weighted by Gasteiger charge is 2.53. The first-order chi connectivity index (χ1) is 10.1. The summed E-state index contributed by atoms with van der Waals surface area (Å²) in [6, 6.07) is 10.4. The molecule has 0 aliphatic carbocycles. The van der Waals surface area contributed by atoms with Gasteiger partial charge in [0.15, 0.2) is 0 Å². The minimum atomic E-state index is -0.611. The highest BCUT2D eigenvalue weighted by molar-refractivity contribution is 7.99. The maximum atomic E-state index is 11.8. The Hall–Kier alpha value is -1.00. The maximum absolute atomic E-state index is 11.8. The van der Waals surface area contributed by atoms with Crippen LogP contribution in [0.25, 0.3) is 0 Å². The lowest BCUT2D eigenvalue weighted by Crippen LogP contribution is -2.44. The molecule has 21 heavy (non-hydrogen) atoms. The quantitative estimate of drug-likeness (QED) is 0.931. The molecule has 4 heteroatoms. The zero-order valence-electron chi connectivity index (χ0n) is 12.5. The number of aliphatic carboxylic acids is 1. The molecular formula is C17H23NO2S. The van der Waals surface area contributed by atoms with Crippen molar-refractivity contribution in [1.82, 2.24) is 4.90 Å². The predicted molar refractivity (Wildman–Crippen MR) is 86.4 cm³/mol. The summed E-state index contributed by atoms with van der Waals surface area (Å²) >= 11 is 1.95. The number of rotatable bonds is 3. The first kappa shape index (κ1) is 14.9. The van der Waals surface area contributed by atoms with Crippen molar-refractivity contribution in [3.8, 4) is 0 Å². The average Bonchev–Trinajstić information content (AvgIpc) is 2.83. The van der Waals surface area contributed by atoms with Crippen LogP contribution < -0.4 is 0 Å². The first-order valence-corrected chi connectivity index (χ1v) is 8.77. The third-order valence-electron chi connectivity index (χ3n) is 5.16. The molecule has 0 aromatic heterocycles. The Labute approximate surface area is 130 Å². The molecule has 2 fully saturated rings. The lowest BCUT2D eigenvalue weighted by molar-refractivity contribution is -0.145. The number of hydrogen-bond acceptors (Lipinski definition) is 3. The molecule has 3 nitrogen and oxygen atoms in total. The summed E-state index contributed by atoms with van der Waals surface area (Å²) in [6.07, 6.45) is 2.21. The van der Waals surface area contributed by atoms with Crippen molar-refractivity contribution in [2.24, 2.45) is 11.3 Å². The second-order valence-corrected chi connectivity index (χ2v) is 7.84. The zero-order chi connectivity index (χ0) is 14.9. The van der Waals surface area contributed by atoms with Crippen molar-refractivity contribution < 1.29 is 9.90 Å². The van der Waals surface area contributed by atoms with E-state index in [1.54, 1.807) is 0 Å². The van der Waals surface area contributed by atoms with Gasteiger partial charge in [0.1, 0.15) is 0 Å². The van der Waals surface area contributed by atoms with E-state index in [4.69, 9.17) is 0 Å². The Balaban J connectivity index is 1.79. The summed E-state index contributed by atoms with van der Waals surface area (Å²) in [5.74, 6) is 0.345. The van der Waals surface area contributed by atoms with E-state index in [1.165, 1.54) is 11.3 Å². The second-order valence-electron chi connectivity index (χ2n) is 6.40. The van der Waals surface area contributed by atoms with Crippen LogP contribution in [0, 0.1) is 11.3 Å². The molecule has 114 valence electrons. The molecule has 2 aliphatic heterocycles. The van der Waals surface area contributed by atoms with Gasteiger partial charge in [0.05, 0.1) is 5.92 Å². The van der Waals surface area contributed by atoms with E-state index in [0.717, 1.165) is 25.9 Å². The number of carboxylic acid groups (broad SMARTS) is 1. The van der Waals surface area contributed by atoms with E-state index in [1.807, 2.05) is 17.8 Å². The zero-order valence-corrected chi connectivity index (χ0v) is 13.3. The number of likely N-dealkylation sites (tertiary alicyclic amines) is 1. The molecule has 1 aromatic carbocycles. The molecule has 1 N–H and O–H groups in total. The molecule has 1 aromatic rings. The second kappa shape index (κ2) is 6.01. The highest BCUT2D eigenvalue weighted by Crippen LogP contribution is 2.50. The van der Waals surface area contributed by atoms with Crippen LogP contribution in [-0.2, 0) is 11.3 Å². The SMILES string of the molecule is CC1SCCCC12CN(Cc1ccccc1)CC2C(=O)O. The fourth-order valence-corrected chi connectivity index (χ4v) is 5.37. The van der Waals surface area contributed by atoms with Gasteiger partial charge in [-0.05, 0) is 24.2 Å². The van der Waals surface area contributed by atoms with Gasteiger partial charge in [0.25, 0.3) is 0 Å². The van der Waals surface area contributed by atoms with Gasteiger partial charge < -0.3 is 5.11 Å². The summed E-state index contributed by atoms with van der Waals surface area (Å²) in [5, 5.41) is 10.1. The summed E-state index contributed by atoms with van der Waals surface area (Å²) in [6.45, 7) is 4.71. The van der Waals surface area contributed by atoms with Crippen LogP contribution in [-0.4, -0.2) is 40.1 Å². The number of nitrogens with zero attached hydrogens (tertiary/aromatic N) is 1. The highest BCUT2D eigenvalue weighted by atomic mass is 32.2. The Morgan fingerprint density at radius 3 is 2.86 bits per heavy atom. The molecule has 2 heterocycles. The van der Waals surface area contributed by atoms with Gasteiger partial charge in [-0.1, -0.05) is 37.3 Å². The minimum absolute atomic E-state index is 0.0382.